The van der Waals surface area contributed by atoms with Crippen molar-refractivity contribution in [2.75, 3.05) is 43.1 Å². The molecule has 0 saturated carbocycles. The van der Waals surface area contributed by atoms with Crippen molar-refractivity contribution >= 4 is 23.5 Å². The minimum atomic E-state index is -0.473. The molecule has 1 aliphatic rings. The first-order valence-corrected chi connectivity index (χ1v) is 8.69. The lowest BCUT2D eigenvalue weighted by Gasteiger charge is -2.22. The topological polar surface area (TPSA) is 101 Å². The number of ether oxygens (including phenoxy) is 1. The van der Waals surface area contributed by atoms with Crippen molar-refractivity contribution in [2.45, 2.75) is 25.8 Å². The number of likely N-dealkylation sites (tertiary alicyclic amines) is 1. The van der Waals surface area contributed by atoms with Gasteiger partial charge in [-0.2, -0.15) is 15.0 Å². The SMILES string of the molecule is CCN1CCCC1CNc1nc(N)nc(Nc2ccc(OC)c(F)c2)n1. The van der Waals surface area contributed by atoms with Crippen molar-refractivity contribution in [3.8, 4) is 5.75 Å². The van der Waals surface area contributed by atoms with Crippen LogP contribution in [0.2, 0.25) is 0 Å². The minimum absolute atomic E-state index is 0.0951. The second-order valence-corrected chi connectivity index (χ2v) is 6.12. The second-order valence-electron chi connectivity index (χ2n) is 6.12. The van der Waals surface area contributed by atoms with E-state index in [1.165, 1.54) is 25.7 Å². The maximum absolute atomic E-state index is 13.8. The monoisotopic (exact) mass is 361 g/mol. The quantitative estimate of drug-likeness (QED) is 0.690. The Bertz CT molecular complexity index is 758. The van der Waals surface area contributed by atoms with Crippen LogP contribution >= 0.6 is 0 Å². The van der Waals surface area contributed by atoms with Crippen LogP contribution in [0, 0.1) is 5.82 Å². The minimum Gasteiger partial charge on any atom is -0.494 e. The maximum Gasteiger partial charge on any atom is 0.233 e. The highest BCUT2D eigenvalue weighted by atomic mass is 19.1. The summed E-state index contributed by atoms with van der Waals surface area (Å²) in [6, 6.07) is 4.97. The predicted octanol–water partition coefficient (Wildman–Crippen LogP) is 2.24. The van der Waals surface area contributed by atoms with E-state index in [4.69, 9.17) is 10.5 Å². The zero-order valence-electron chi connectivity index (χ0n) is 15.0. The lowest BCUT2D eigenvalue weighted by molar-refractivity contribution is 0.277. The van der Waals surface area contributed by atoms with Crippen LogP contribution in [0.4, 0.5) is 27.9 Å². The molecule has 1 saturated heterocycles. The van der Waals surface area contributed by atoms with Crippen LogP contribution in [-0.2, 0) is 0 Å². The Morgan fingerprint density at radius 3 is 2.85 bits per heavy atom. The molecule has 9 heteroatoms. The molecule has 2 aromatic rings. The Morgan fingerprint density at radius 2 is 2.12 bits per heavy atom. The third-order valence-corrected chi connectivity index (χ3v) is 4.46. The summed E-state index contributed by atoms with van der Waals surface area (Å²) in [5.74, 6) is 0.446. The van der Waals surface area contributed by atoms with Crippen LogP contribution in [0.25, 0.3) is 0 Å². The average molecular weight is 361 g/mol. The molecule has 0 spiro atoms. The molecule has 3 rings (SSSR count). The van der Waals surface area contributed by atoms with E-state index in [-0.39, 0.29) is 17.6 Å². The maximum atomic E-state index is 13.8. The Kier molecular flexibility index (Phi) is 5.67. The molecule has 1 aromatic carbocycles. The third kappa shape index (κ3) is 4.29. The fraction of sp³-hybridized carbons (Fsp3) is 0.471. The lowest BCUT2D eigenvalue weighted by atomic mass is 10.2. The van der Waals surface area contributed by atoms with Gasteiger partial charge in [0.25, 0.3) is 0 Å². The van der Waals surface area contributed by atoms with E-state index < -0.39 is 5.82 Å². The second kappa shape index (κ2) is 8.13. The number of halogens is 1. The van der Waals surface area contributed by atoms with Crippen LogP contribution in [0.15, 0.2) is 18.2 Å². The van der Waals surface area contributed by atoms with E-state index >= 15 is 0 Å². The van der Waals surface area contributed by atoms with Gasteiger partial charge in [0.05, 0.1) is 7.11 Å². The molecule has 8 nitrogen and oxygen atoms in total. The van der Waals surface area contributed by atoms with E-state index in [1.807, 2.05) is 0 Å². The molecular formula is C17H24FN7O. The number of nitrogens with one attached hydrogen (secondary N) is 2. The largest absolute Gasteiger partial charge is 0.494 e. The molecule has 0 amide bonds. The van der Waals surface area contributed by atoms with Crippen LogP contribution in [0.1, 0.15) is 19.8 Å². The number of hydrogen-bond acceptors (Lipinski definition) is 8. The molecule has 0 aliphatic carbocycles. The number of aromatic nitrogens is 3. The Balaban J connectivity index is 1.68. The summed E-state index contributed by atoms with van der Waals surface area (Å²) in [7, 11) is 1.42. The highest BCUT2D eigenvalue weighted by Gasteiger charge is 2.22. The van der Waals surface area contributed by atoms with Gasteiger partial charge in [0, 0.05) is 24.3 Å². The first kappa shape index (κ1) is 18.1. The number of nitrogen functional groups attached to an aromatic ring is 1. The third-order valence-electron chi connectivity index (χ3n) is 4.46. The highest BCUT2D eigenvalue weighted by Crippen LogP contribution is 2.23. The summed E-state index contributed by atoms with van der Waals surface area (Å²) in [5, 5.41) is 6.17. The number of anilines is 4. The van der Waals surface area contributed by atoms with Crippen molar-refractivity contribution in [3.05, 3.63) is 24.0 Å². The number of rotatable bonds is 7. The molecule has 1 aliphatic heterocycles. The van der Waals surface area contributed by atoms with Crippen LogP contribution in [0.5, 0.6) is 5.75 Å². The van der Waals surface area contributed by atoms with Gasteiger partial charge in [-0.15, -0.1) is 0 Å². The van der Waals surface area contributed by atoms with Gasteiger partial charge >= 0.3 is 0 Å². The number of likely N-dealkylation sites (N-methyl/N-ethyl adjacent to an activating group) is 1. The Hall–Kier alpha value is -2.68. The van der Waals surface area contributed by atoms with E-state index in [9.17, 15) is 4.39 Å². The van der Waals surface area contributed by atoms with Crippen molar-refractivity contribution in [3.63, 3.8) is 0 Å². The lowest BCUT2D eigenvalue weighted by Crippen LogP contribution is -2.35. The van der Waals surface area contributed by atoms with Gasteiger partial charge in [-0.05, 0) is 38.1 Å². The van der Waals surface area contributed by atoms with E-state index in [1.54, 1.807) is 6.07 Å². The molecule has 140 valence electrons. The highest BCUT2D eigenvalue weighted by molar-refractivity contribution is 5.56. The van der Waals surface area contributed by atoms with Gasteiger partial charge in [-0.25, -0.2) is 4.39 Å². The number of nitrogens with zero attached hydrogens (tertiary/aromatic N) is 4. The van der Waals surface area contributed by atoms with Crippen LogP contribution in [-0.4, -0.2) is 52.6 Å². The van der Waals surface area contributed by atoms with E-state index in [0.29, 0.717) is 17.7 Å². The molecule has 1 fully saturated rings. The molecule has 1 atom stereocenters. The summed E-state index contributed by atoms with van der Waals surface area (Å²) in [5.41, 5.74) is 6.27. The normalized spacial score (nSPS) is 17.3. The first-order valence-electron chi connectivity index (χ1n) is 8.69. The zero-order chi connectivity index (χ0) is 18.5. The summed E-state index contributed by atoms with van der Waals surface area (Å²) in [6.45, 7) is 5.06. The zero-order valence-corrected chi connectivity index (χ0v) is 15.0. The number of hydrogen-bond donors (Lipinski definition) is 3. The van der Waals surface area contributed by atoms with Gasteiger partial charge < -0.3 is 21.1 Å². The number of benzene rings is 1. The van der Waals surface area contributed by atoms with Crippen LogP contribution < -0.4 is 21.1 Å². The molecule has 1 unspecified atom stereocenters. The van der Waals surface area contributed by atoms with E-state index in [2.05, 4.69) is 37.4 Å². The number of nitrogens with two attached hydrogens (primary N) is 1. The van der Waals surface area contributed by atoms with Crippen molar-refractivity contribution < 1.29 is 9.13 Å². The summed E-state index contributed by atoms with van der Waals surface area (Å²) < 4.78 is 18.7. The van der Waals surface area contributed by atoms with Crippen molar-refractivity contribution in [2.24, 2.45) is 0 Å². The molecular weight excluding hydrogens is 337 g/mol. The summed E-state index contributed by atoms with van der Waals surface area (Å²) >= 11 is 0. The summed E-state index contributed by atoms with van der Waals surface area (Å²) in [4.78, 5) is 14.9. The molecule has 1 aromatic heterocycles. The first-order chi connectivity index (χ1) is 12.6. The molecule has 2 heterocycles. The summed E-state index contributed by atoms with van der Waals surface area (Å²) in [6.07, 6.45) is 2.35. The Morgan fingerprint density at radius 1 is 1.31 bits per heavy atom. The Labute approximate surface area is 152 Å². The predicted molar refractivity (Wildman–Crippen MR) is 99.2 cm³/mol. The smallest absolute Gasteiger partial charge is 0.233 e. The fourth-order valence-electron chi connectivity index (χ4n) is 3.15. The molecule has 0 bridgehead atoms. The standard InChI is InChI=1S/C17H24FN7O/c1-3-25-8-4-5-12(25)10-20-16-22-15(19)23-17(24-16)21-11-6-7-14(26-2)13(18)9-11/h6-7,9,12H,3-5,8,10H2,1-2H3,(H4,19,20,21,22,23,24). The number of methoxy groups -OCH3 is 1. The molecule has 4 N–H and O–H groups in total. The van der Waals surface area contributed by atoms with Crippen molar-refractivity contribution in [1.29, 1.82) is 0 Å². The fourth-order valence-corrected chi connectivity index (χ4v) is 3.15. The van der Waals surface area contributed by atoms with Gasteiger partial charge in [0.2, 0.25) is 17.8 Å². The molecule has 0 radical (unpaired) electrons. The van der Waals surface area contributed by atoms with Gasteiger partial charge in [0.15, 0.2) is 11.6 Å². The van der Waals surface area contributed by atoms with Crippen molar-refractivity contribution in [1.82, 2.24) is 19.9 Å². The van der Waals surface area contributed by atoms with Crippen LogP contribution in [0.3, 0.4) is 0 Å². The van der Waals surface area contributed by atoms with Gasteiger partial charge in [-0.3, -0.25) is 4.90 Å². The van der Waals surface area contributed by atoms with Gasteiger partial charge in [0.1, 0.15) is 0 Å². The van der Waals surface area contributed by atoms with E-state index in [0.717, 1.165) is 26.1 Å². The average Bonchev–Trinajstić information content (AvgIpc) is 3.07. The van der Waals surface area contributed by atoms with Gasteiger partial charge in [-0.1, -0.05) is 6.92 Å². The molecule has 26 heavy (non-hydrogen) atoms.